The minimum Gasteiger partial charge on any atom is -0.300 e. The van der Waals surface area contributed by atoms with E-state index in [2.05, 4.69) is 9.88 Å². The van der Waals surface area contributed by atoms with Gasteiger partial charge in [-0.3, -0.25) is 9.36 Å². The lowest BCUT2D eigenvalue weighted by Crippen LogP contribution is -2.41. The topological polar surface area (TPSA) is 38.1 Å². The van der Waals surface area contributed by atoms with Crippen molar-refractivity contribution in [2.24, 2.45) is 5.92 Å². The molecule has 0 aromatic carbocycles. The van der Waals surface area contributed by atoms with Gasteiger partial charge in [0.05, 0.1) is 6.33 Å². The van der Waals surface area contributed by atoms with Crippen molar-refractivity contribution in [3.05, 3.63) is 28.4 Å². The van der Waals surface area contributed by atoms with Crippen molar-refractivity contribution in [3.63, 3.8) is 0 Å². The average molecular weight is 329 g/mol. The highest BCUT2D eigenvalue weighted by Crippen LogP contribution is 2.28. The Morgan fingerprint density at radius 2 is 1.78 bits per heavy atom. The zero-order chi connectivity index (χ0) is 16.4. The molecule has 0 amide bonds. The van der Waals surface area contributed by atoms with Crippen LogP contribution in [0.1, 0.15) is 44.2 Å². The van der Waals surface area contributed by atoms with Crippen LogP contribution in [0, 0.1) is 5.92 Å². The van der Waals surface area contributed by atoms with Gasteiger partial charge in [-0.1, -0.05) is 12.8 Å². The molecule has 2 heterocycles. The highest BCUT2D eigenvalue weighted by atomic mass is 19.4. The third kappa shape index (κ3) is 3.94. The molecule has 0 bridgehead atoms. The first-order valence-corrected chi connectivity index (χ1v) is 8.31. The van der Waals surface area contributed by atoms with Gasteiger partial charge in [-0.25, -0.2) is 4.98 Å². The van der Waals surface area contributed by atoms with E-state index in [0.717, 1.165) is 32.3 Å². The Morgan fingerprint density at radius 3 is 2.35 bits per heavy atom. The molecule has 0 radical (unpaired) electrons. The normalized spacial score (nSPS) is 21.9. The van der Waals surface area contributed by atoms with Gasteiger partial charge >= 0.3 is 6.18 Å². The molecule has 1 aliphatic heterocycles. The molecule has 7 heteroatoms. The lowest BCUT2D eigenvalue weighted by Gasteiger charge is -2.36. The first-order valence-electron chi connectivity index (χ1n) is 8.31. The molecule has 1 aromatic rings. The van der Waals surface area contributed by atoms with Crippen molar-refractivity contribution in [1.82, 2.24) is 14.5 Å². The van der Waals surface area contributed by atoms with Crippen LogP contribution in [0.5, 0.6) is 0 Å². The minimum absolute atomic E-state index is 0.337. The number of alkyl halides is 3. The molecule has 0 unspecified atom stereocenters. The summed E-state index contributed by atoms with van der Waals surface area (Å²) in [7, 11) is 0. The molecule has 1 saturated carbocycles. The van der Waals surface area contributed by atoms with Crippen LogP contribution in [0.2, 0.25) is 0 Å². The number of halogens is 3. The maximum atomic E-state index is 12.5. The molecule has 1 aromatic heterocycles. The largest absolute Gasteiger partial charge is 0.433 e. The van der Waals surface area contributed by atoms with Gasteiger partial charge in [0.15, 0.2) is 5.69 Å². The molecule has 0 spiro atoms. The van der Waals surface area contributed by atoms with Crippen LogP contribution in [-0.4, -0.2) is 33.6 Å². The lowest BCUT2D eigenvalue weighted by atomic mass is 9.95. The third-order valence-electron chi connectivity index (χ3n) is 5.12. The van der Waals surface area contributed by atoms with Gasteiger partial charge in [-0.05, 0) is 44.7 Å². The van der Waals surface area contributed by atoms with E-state index in [-0.39, 0.29) is 0 Å². The standard InChI is InChI=1S/C16H22F3N3O/c17-16(18,19)14-9-15(23)22(11-20-14)10-12-5-7-21(8-6-12)13-3-1-2-4-13/h9,11-13H,1-8,10H2. The summed E-state index contributed by atoms with van der Waals surface area (Å²) in [6.45, 7) is 2.51. The fourth-order valence-corrected chi connectivity index (χ4v) is 3.77. The predicted octanol–water partition coefficient (Wildman–Crippen LogP) is 2.92. The maximum absolute atomic E-state index is 12.5. The van der Waals surface area contributed by atoms with Gasteiger partial charge in [0.25, 0.3) is 5.56 Å². The zero-order valence-corrected chi connectivity index (χ0v) is 13.1. The average Bonchev–Trinajstić information content (AvgIpc) is 3.03. The van der Waals surface area contributed by atoms with E-state index in [1.54, 1.807) is 0 Å². The van der Waals surface area contributed by atoms with Crippen molar-refractivity contribution < 1.29 is 13.2 Å². The van der Waals surface area contributed by atoms with Crippen molar-refractivity contribution in [2.75, 3.05) is 13.1 Å². The number of likely N-dealkylation sites (tertiary alicyclic amines) is 1. The number of hydrogen-bond donors (Lipinski definition) is 0. The fourth-order valence-electron chi connectivity index (χ4n) is 3.77. The van der Waals surface area contributed by atoms with E-state index < -0.39 is 17.4 Å². The van der Waals surface area contributed by atoms with Gasteiger partial charge in [0.1, 0.15) is 0 Å². The molecule has 23 heavy (non-hydrogen) atoms. The number of piperidine rings is 1. The highest BCUT2D eigenvalue weighted by molar-refractivity contribution is 5.03. The lowest BCUT2D eigenvalue weighted by molar-refractivity contribution is -0.141. The van der Waals surface area contributed by atoms with Crippen molar-refractivity contribution >= 4 is 0 Å². The summed E-state index contributed by atoms with van der Waals surface area (Å²) < 4.78 is 38.9. The summed E-state index contributed by atoms with van der Waals surface area (Å²) in [6, 6.07) is 1.31. The second kappa shape index (κ2) is 6.63. The SMILES string of the molecule is O=c1cc(C(F)(F)F)ncn1CC1CCN(C2CCCC2)CC1. The van der Waals surface area contributed by atoms with E-state index in [1.807, 2.05) is 0 Å². The molecular weight excluding hydrogens is 307 g/mol. The van der Waals surface area contributed by atoms with E-state index in [4.69, 9.17) is 0 Å². The van der Waals surface area contributed by atoms with Crippen LogP contribution in [0.25, 0.3) is 0 Å². The van der Waals surface area contributed by atoms with E-state index >= 15 is 0 Å². The molecule has 2 aliphatic rings. The molecule has 128 valence electrons. The van der Waals surface area contributed by atoms with Crippen LogP contribution in [0.4, 0.5) is 13.2 Å². The van der Waals surface area contributed by atoms with Crippen LogP contribution >= 0.6 is 0 Å². The van der Waals surface area contributed by atoms with E-state index in [1.165, 1.54) is 30.3 Å². The summed E-state index contributed by atoms with van der Waals surface area (Å²) in [5.74, 6) is 0.337. The highest BCUT2D eigenvalue weighted by Gasteiger charge is 2.33. The Hall–Kier alpha value is -1.37. The zero-order valence-electron chi connectivity index (χ0n) is 13.1. The van der Waals surface area contributed by atoms with E-state index in [0.29, 0.717) is 24.6 Å². The smallest absolute Gasteiger partial charge is 0.300 e. The van der Waals surface area contributed by atoms with Crippen molar-refractivity contribution in [1.29, 1.82) is 0 Å². The van der Waals surface area contributed by atoms with Crippen LogP contribution in [-0.2, 0) is 12.7 Å². The third-order valence-corrected chi connectivity index (χ3v) is 5.12. The Balaban J connectivity index is 1.57. The molecule has 3 rings (SSSR count). The Kier molecular flexibility index (Phi) is 4.75. The van der Waals surface area contributed by atoms with Crippen molar-refractivity contribution in [3.8, 4) is 0 Å². The predicted molar refractivity (Wildman–Crippen MR) is 80.1 cm³/mol. The fraction of sp³-hybridized carbons (Fsp3) is 0.750. The Bertz CT molecular complexity index is 585. The van der Waals surface area contributed by atoms with E-state index in [9.17, 15) is 18.0 Å². The van der Waals surface area contributed by atoms with Crippen molar-refractivity contribution in [2.45, 2.75) is 57.3 Å². The van der Waals surface area contributed by atoms with Crippen LogP contribution < -0.4 is 5.56 Å². The maximum Gasteiger partial charge on any atom is 0.433 e. The van der Waals surface area contributed by atoms with Gasteiger partial charge in [0.2, 0.25) is 0 Å². The number of hydrogen-bond acceptors (Lipinski definition) is 3. The number of rotatable bonds is 3. The molecule has 4 nitrogen and oxygen atoms in total. The molecule has 0 N–H and O–H groups in total. The van der Waals surface area contributed by atoms with Gasteiger partial charge in [-0.2, -0.15) is 13.2 Å². The van der Waals surface area contributed by atoms with Crippen LogP contribution in [0.3, 0.4) is 0 Å². The monoisotopic (exact) mass is 329 g/mol. The molecule has 0 atom stereocenters. The molecule has 1 aliphatic carbocycles. The second-order valence-electron chi connectivity index (χ2n) is 6.68. The number of nitrogens with zero attached hydrogens (tertiary/aromatic N) is 3. The minimum atomic E-state index is -4.56. The quantitative estimate of drug-likeness (QED) is 0.856. The van der Waals surface area contributed by atoms with Gasteiger partial charge in [0, 0.05) is 18.7 Å². The summed E-state index contributed by atoms with van der Waals surface area (Å²) >= 11 is 0. The summed E-state index contributed by atoms with van der Waals surface area (Å²) in [4.78, 5) is 17.8. The molecule has 1 saturated heterocycles. The molecule has 2 fully saturated rings. The summed E-state index contributed by atoms with van der Waals surface area (Å²) in [5.41, 5.74) is -1.74. The molecular formula is C16H22F3N3O. The Labute approximate surface area is 133 Å². The summed E-state index contributed by atoms with van der Waals surface area (Å²) in [5, 5.41) is 0. The van der Waals surface area contributed by atoms with Gasteiger partial charge in [-0.15, -0.1) is 0 Å². The second-order valence-corrected chi connectivity index (χ2v) is 6.68. The first kappa shape index (κ1) is 16.5. The Morgan fingerprint density at radius 1 is 1.13 bits per heavy atom. The van der Waals surface area contributed by atoms with Crippen LogP contribution in [0.15, 0.2) is 17.2 Å². The first-order chi connectivity index (χ1) is 10.9. The summed E-state index contributed by atoms with van der Waals surface area (Å²) in [6.07, 6.45) is 3.65. The number of aromatic nitrogens is 2. The van der Waals surface area contributed by atoms with Gasteiger partial charge < -0.3 is 4.90 Å².